The summed E-state index contributed by atoms with van der Waals surface area (Å²) in [6.07, 6.45) is 7.13. The van der Waals surface area contributed by atoms with Gasteiger partial charge in [-0.1, -0.05) is 6.07 Å². The molecule has 0 aliphatic carbocycles. The number of hydrogen-bond acceptors (Lipinski definition) is 5. The number of anilines is 2. The van der Waals surface area contributed by atoms with Gasteiger partial charge in [0.15, 0.2) is 0 Å². The van der Waals surface area contributed by atoms with Crippen molar-refractivity contribution < 1.29 is 4.79 Å². The molecule has 1 amide bonds. The first-order valence-electron chi connectivity index (χ1n) is 9.19. The maximum atomic E-state index is 12.3. The molecule has 5 aromatic rings. The maximum absolute atomic E-state index is 12.3. The van der Waals surface area contributed by atoms with Crippen molar-refractivity contribution in [1.82, 2.24) is 24.8 Å². The van der Waals surface area contributed by atoms with E-state index in [1.807, 2.05) is 42.7 Å². The Labute approximate surface area is 166 Å². The summed E-state index contributed by atoms with van der Waals surface area (Å²) in [4.78, 5) is 30.7. The van der Waals surface area contributed by atoms with Crippen LogP contribution in [0.1, 0.15) is 10.4 Å². The second-order valence-corrected chi connectivity index (χ2v) is 7.05. The van der Waals surface area contributed by atoms with Crippen LogP contribution in [0.15, 0.2) is 61.2 Å². The van der Waals surface area contributed by atoms with Gasteiger partial charge in [0.1, 0.15) is 5.82 Å². The van der Waals surface area contributed by atoms with Gasteiger partial charge in [-0.3, -0.25) is 14.8 Å². The Kier molecular flexibility index (Phi) is 3.87. The molecule has 0 atom stereocenters. The molecular formula is C22H18N6O. The van der Waals surface area contributed by atoms with E-state index in [0.29, 0.717) is 11.4 Å². The lowest BCUT2D eigenvalue weighted by molar-refractivity contribution is 0.0827. The molecular weight excluding hydrogens is 364 g/mol. The van der Waals surface area contributed by atoms with Crippen molar-refractivity contribution in [3.8, 4) is 0 Å². The topological polar surface area (TPSA) is 86.8 Å². The molecule has 0 aliphatic rings. The number of H-pyrrole nitrogens is 1. The van der Waals surface area contributed by atoms with Gasteiger partial charge < -0.3 is 15.2 Å². The van der Waals surface area contributed by atoms with Crippen molar-refractivity contribution in [3.63, 3.8) is 0 Å². The van der Waals surface area contributed by atoms with Crippen LogP contribution in [0.3, 0.4) is 0 Å². The Balaban J connectivity index is 1.72. The van der Waals surface area contributed by atoms with Gasteiger partial charge >= 0.3 is 0 Å². The summed E-state index contributed by atoms with van der Waals surface area (Å²) in [6.45, 7) is 0. The van der Waals surface area contributed by atoms with E-state index in [2.05, 4.69) is 20.3 Å². The van der Waals surface area contributed by atoms with Gasteiger partial charge in [0.25, 0.3) is 5.91 Å². The highest BCUT2D eigenvalue weighted by Gasteiger charge is 2.15. The summed E-state index contributed by atoms with van der Waals surface area (Å²) in [5, 5.41) is 6.26. The number of carbonyl (C=O) groups excluding carboxylic acids is 1. The number of carbonyl (C=O) groups is 1. The molecule has 0 spiro atoms. The summed E-state index contributed by atoms with van der Waals surface area (Å²) >= 11 is 0. The van der Waals surface area contributed by atoms with E-state index in [4.69, 9.17) is 4.98 Å². The third-order valence-corrected chi connectivity index (χ3v) is 4.91. The average molecular weight is 382 g/mol. The molecule has 4 aromatic heterocycles. The predicted molar refractivity (Wildman–Crippen MR) is 114 cm³/mol. The highest BCUT2D eigenvalue weighted by atomic mass is 16.2. The number of nitrogens with one attached hydrogen (secondary N) is 2. The van der Waals surface area contributed by atoms with E-state index in [1.54, 1.807) is 37.5 Å². The molecule has 0 radical (unpaired) electrons. The molecule has 5 rings (SSSR count). The van der Waals surface area contributed by atoms with Gasteiger partial charge in [-0.2, -0.15) is 0 Å². The van der Waals surface area contributed by atoms with Crippen LogP contribution in [0, 0.1) is 0 Å². The molecule has 7 nitrogen and oxygen atoms in total. The van der Waals surface area contributed by atoms with E-state index in [0.717, 1.165) is 38.4 Å². The number of hydrogen-bond donors (Lipinski definition) is 2. The minimum absolute atomic E-state index is 0.0485. The first kappa shape index (κ1) is 17.1. The zero-order valence-corrected chi connectivity index (χ0v) is 16.0. The van der Waals surface area contributed by atoms with E-state index in [-0.39, 0.29) is 5.91 Å². The van der Waals surface area contributed by atoms with Crippen molar-refractivity contribution in [2.45, 2.75) is 0 Å². The minimum Gasteiger partial charge on any atom is -0.354 e. The molecule has 0 saturated carbocycles. The molecule has 0 bridgehead atoms. The normalized spacial score (nSPS) is 11.2. The van der Waals surface area contributed by atoms with Crippen LogP contribution < -0.4 is 5.32 Å². The number of amides is 1. The number of nitrogens with zero attached hydrogens (tertiary/aromatic N) is 4. The van der Waals surface area contributed by atoms with Crippen LogP contribution in [-0.2, 0) is 0 Å². The molecule has 7 heteroatoms. The first-order valence-corrected chi connectivity index (χ1v) is 9.19. The molecule has 0 unspecified atom stereocenters. The third-order valence-electron chi connectivity index (χ3n) is 4.91. The molecule has 2 N–H and O–H groups in total. The van der Waals surface area contributed by atoms with Gasteiger partial charge in [0, 0.05) is 66.4 Å². The molecule has 0 saturated heterocycles. The zero-order valence-electron chi connectivity index (χ0n) is 16.0. The molecule has 29 heavy (non-hydrogen) atoms. The largest absolute Gasteiger partial charge is 0.354 e. The minimum atomic E-state index is -0.0485. The van der Waals surface area contributed by atoms with Crippen molar-refractivity contribution in [3.05, 3.63) is 66.7 Å². The zero-order chi connectivity index (χ0) is 20.0. The summed E-state index contributed by atoms with van der Waals surface area (Å²) in [7, 11) is 3.48. The summed E-state index contributed by atoms with van der Waals surface area (Å²) in [5.74, 6) is 0.653. The van der Waals surface area contributed by atoms with Gasteiger partial charge in [0.05, 0.1) is 16.4 Å². The van der Waals surface area contributed by atoms with Crippen molar-refractivity contribution in [1.29, 1.82) is 0 Å². The fourth-order valence-corrected chi connectivity index (χ4v) is 3.55. The lowest BCUT2D eigenvalue weighted by atomic mass is 10.1. The van der Waals surface area contributed by atoms with Crippen molar-refractivity contribution in [2.24, 2.45) is 0 Å². The van der Waals surface area contributed by atoms with E-state index in [1.165, 1.54) is 0 Å². The van der Waals surface area contributed by atoms with E-state index in [9.17, 15) is 4.79 Å². The average Bonchev–Trinajstić information content (AvgIpc) is 3.13. The molecule has 142 valence electrons. The van der Waals surface area contributed by atoms with Gasteiger partial charge in [-0.25, -0.2) is 4.98 Å². The second kappa shape index (κ2) is 6.56. The Bertz CT molecular complexity index is 1390. The van der Waals surface area contributed by atoms with Crippen LogP contribution in [0.4, 0.5) is 11.5 Å². The second-order valence-electron chi connectivity index (χ2n) is 7.05. The fraction of sp³-hybridized carbons (Fsp3) is 0.0909. The van der Waals surface area contributed by atoms with Gasteiger partial charge in [-0.15, -0.1) is 0 Å². The van der Waals surface area contributed by atoms with Crippen LogP contribution in [0.5, 0.6) is 0 Å². The van der Waals surface area contributed by atoms with E-state index >= 15 is 0 Å². The summed E-state index contributed by atoms with van der Waals surface area (Å²) in [5.41, 5.74) is 4.16. The van der Waals surface area contributed by atoms with Crippen LogP contribution >= 0.6 is 0 Å². The fourth-order valence-electron chi connectivity index (χ4n) is 3.55. The van der Waals surface area contributed by atoms with Crippen molar-refractivity contribution >= 4 is 50.1 Å². The molecule has 0 aliphatic heterocycles. The smallest absolute Gasteiger partial charge is 0.253 e. The Morgan fingerprint density at radius 2 is 1.83 bits per heavy atom. The van der Waals surface area contributed by atoms with Crippen LogP contribution in [0.25, 0.3) is 32.7 Å². The highest BCUT2D eigenvalue weighted by molar-refractivity contribution is 6.20. The number of benzene rings is 1. The standard InChI is InChI=1S/C22H18N6O/c1-28(2)22(29)13-4-3-5-14(10-13)25-21-19-15-11-23-8-6-17(15)26-20(19)16-12-24-9-7-18(16)27-21/h3-12,26H,1-2H3,(H,25,27). The van der Waals surface area contributed by atoms with Gasteiger partial charge in [0.2, 0.25) is 0 Å². The van der Waals surface area contributed by atoms with E-state index < -0.39 is 0 Å². The SMILES string of the molecule is CN(C)C(=O)c1cccc(Nc2nc3ccncc3c3[nH]c4ccncc4c23)c1. The number of aromatic nitrogens is 4. The Hall–Kier alpha value is -4.00. The van der Waals surface area contributed by atoms with Crippen LogP contribution in [0.2, 0.25) is 0 Å². The number of pyridine rings is 3. The van der Waals surface area contributed by atoms with Crippen LogP contribution in [-0.4, -0.2) is 44.8 Å². The lowest BCUT2D eigenvalue weighted by Gasteiger charge is -2.13. The summed E-state index contributed by atoms with van der Waals surface area (Å²) < 4.78 is 0. The Morgan fingerprint density at radius 3 is 2.66 bits per heavy atom. The predicted octanol–water partition coefficient (Wildman–Crippen LogP) is 4.10. The monoisotopic (exact) mass is 382 g/mol. The van der Waals surface area contributed by atoms with Gasteiger partial charge in [-0.05, 0) is 30.3 Å². The molecule has 4 heterocycles. The number of aromatic amines is 1. The Morgan fingerprint density at radius 1 is 1.03 bits per heavy atom. The maximum Gasteiger partial charge on any atom is 0.253 e. The number of fused-ring (bicyclic) bond motifs is 5. The van der Waals surface area contributed by atoms with Crippen molar-refractivity contribution in [2.75, 3.05) is 19.4 Å². The highest BCUT2D eigenvalue weighted by Crippen LogP contribution is 2.35. The first-order chi connectivity index (χ1) is 14.1. The number of rotatable bonds is 3. The lowest BCUT2D eigenvalue weighted by Crippen LogP contribution is -2.21. The molecule has 0 fully saturated rings. The molecule has 1 aromatic carbocycles. The quantitative estimate of drug-likeness (QED) is 0.490. The third kappa shape index (κ3) is 2.84. The summed E-state index contributed by atoms with van der Waals surface area (Å²) in [6, 6.07) is 11.2.